The molecular formula is C24H28N4O4S. The molecule has 0 radical (unpaired) electrons. The van der Waals surface area contributed by atoms with E-state index >= 15 is 0 Å². The first-order valence-corrected chi connectivity index (χ1v) is 12.6. The topological polar surface area (TPSA) is 114 Å². The van der Waals surface area contributed by atoms with E-state index in [1.807, 2.05) is 19.1 Å². The van der Waals surface area contributed by atoms with E-state index in [4.69, 9.17) is 4.52 Å². The van der Waals surface area contributed by atoms with Gasteiger partial charge in [0, 0.05) is 18.2 Å². The number of rotatable bonds is 6. The largest absolute Gasteiger partial charge is 0.340 e. The Morgan fingerprint density at radius 1 is 0.939 bits per heavy atom. The summed E-state index contributed by atoms with van der Waals surface area (Å²) in [4.78, 5) is 17.6. The van der Waals surface area contributed by atoms with E-state index in [1.165, 1.54) is 24.3 Å². The van der Waals surface area contributed by atoms with Crippen LogP contribution in [0, 0.1) is 13.8 Å². The number of nitrogens with zero attached hydrogens (tertiary/aromatic N) is 2. The number of aromatic nitrogens is 2. The van der Waals surface area contributed by atoms with Gasteiger partial charge in [0.25, 0.3) is 15.9 Å². The van der Waals surface area contributed by atoms with Crippen LogP contribution >= 0.6 is 0 Å². The Morgan fingerprint density at radius 2 is 1.58 bits per heavy atom. The highest BCUT2D eigenvalue weighted by atomic mass is 32.2. The van der Waals surface area contributed by atoms with Gasteiger partial charge in [-0.25, -0.2) is 8.42 Å². The molecule has 1 fully saturated rings. The molecule has 1 amide bonds. The van der Waals surface area contributed by atoms with E-state index in [9.17, 15) is 13.2 Å². The average Bonchev–Trinajstić information content (AvgIpc) is 3.10. The van der Waals surface area contributed by atoms with Gasteiger partial charge in [0.2, 0.25) is 5.89 Å². The number of benzene rings is 2. The predicted octanol–water partition coefficient (Wildman–Crippen LogP) is 4.47. The first kappa shape index (κ1) is 23.0. The van der Waals surface area contributed by atoms with E-state index in [-0.39, 0.29) is 10.8 Å². The first-order valence-electron chi connectivity index (χ1n) is 11.1. The number of anilines is 1. The first-order chi connectivity index (χ1) is 15.8. The Kier molecular flexibility index (Phi) is 6.51. The molecule has 0 spiro atoms. The molecule has 1 aliphatic rings. The quantitative estimate of drug-likeness (QED) is 0.516. The van der Waals surface area contributed by atoms with Crippen LogP contribution in [0.1, 0.15) is 66.2 Å². The number of carbonyl (C=O) groups excluding carboxylic acids is 1. The van der Waals surface area contributed by atoms with Gasteiger partial charge in [0.1, 0.15) is 5.54 Å². The Labute approximate surface area is 193 Å². The molecule has 1 heterocycles. The standard InChI is InChI=1S/C24H28N4O4S/c1-17-7-11-20(12-8-17)28-33(30,31)21-13-9-19(10-14-21)22(29)26-24(15-5-3-4-6-16-24)23-25-18(2)32-27-23/h7-14,28H,3-6,15-16H2,1-2H3,(H,26,29). The monoisotopic (exact) mass is 468 g/mol. The molecule has 0 bridgehead atoms. The Morgan fingerprint density at radius 3 is 2.15 bits per heavy atom. The third kappa shape index (κ3) is 5.24. The normalized spacial score (nSPS) is 16.1. The highest BCUT2D eigenvalue weighted by molar-refractivity contribution is 7.92. The van der Waals surface area contributed by atoms with Gasteiger partial charge in [-0.3, -0.25) is 9.52 Å². The molecule has 0 saturated heterocycles. The summed E-state index contributed by atoms with van der Waals surface area (Å²) in [5, 5.41) is 7.24. The summed E-state index contributed by atoms with van der Waals surface area (Å²) in [6, 6.07) is 13.0. The highest BCUT2D eigenvalue weighted by Gasteiger charge is 2.39. The molecule has 0 aliphatic heterocycles. The molecular weight excluding hydrogens is 440 g/mol. The van der Waals surface area contributed by atoms with Gasteiger partial charge < -0.3 is 9.84 Å². The lowest BCUT2D eigenvalue weighted by Gasteiger charge is -2.30. The zero-order valence-electron chi connectivity index (χ0n) is 18.8. The van der Waals surface area contributed by atoms with Gasteiger partial charge in [-0.15, -0.1) is 0 Å². The fourth-order valence-electron chi connectivity index (χ4n) is 4.14. The lowest BCUT2D eigenvalue weighted by atomic mass is 9.88. The zero-order chi connectivity index (χ0) is 23.5. The van der Waals surface area contributed by atoms with Crippen LogP contribution in [-0.4, -0.2) is 24.5 Å². The molecule has 0 atom stereocenters. The van der Waals surface area contributed by atoms with Crippen LogP contribution in [0.4, 0.5) is 5.69 Å². The van der Waals surface area contributed by atoms with Gasteiger partial charge >= 0.3 is 0 Å². The van der Waals surface area contributed by atoms with E-state index < -0.39 is 15.6 Å². The summed E-state index contributed by atoms with van der Waals surface area (Å²) < 4.78 is 33.2. The Bertz CT molecular complexity index is 1210. The summed E-state index contributed by atoms with van der Waals surface area (Å²) in [7, 11) is -3.77. The van der Waals surface area contributed by atoms with E-state index in [0.717, 1.165) is 44.1 Å². The van der Waals surface area contributed by atoms with Crippen LogP contribution in [0.2, 0.25) is 0 Å². The van der Waals surface area contributed by atoms with Crippen molar-refractivity contribution in [2.45, 2.75) is 62.8 Å². The second-order valence-corrected chi connectivity index (χ2v) is 10.3. The minimum absolute atomic E-state index is 0.0811. The van der Waals surface area contributed by atoms with Crippen molar-refractivity contribution >= 4 is 21.6 Å². The maximum Gasteiger partial charge on any atom is 0.261 e. The van der Waals surface area contributed by atoms with Crippen LogP contribution in [-0.2, 0) is 15.6 Å². The lowest BCUT2D eigenvalue weighted by Crippen LogP contribution is -2.46. The van der Waals surface area contributed by atoms with Crippen molar-refractivity contribution in [1.29, 1.82) is 0 Å². The molecule has 1 aromatic heterocycles. The Balaban J connectivity index is 1.53. The maximum absolute atomic E-state index is 13.1. The second kappa shape index (κ2) is 9.35. The van der Waals surface area contributed by atoms with E-state index in [2.05, 4.69) is 20.2 Å². The third-order valence-electron chi connectivity index (χ3n) is 6.00. The molecule has 3 aromatic rings. The lowest BCUT2D eigenvalue weighted by molar-refractivity contribution is 0.0876. The molecule has 2 aromatic carbocycles. The molecule has 9 heteroatoms. The number of hydrogen-bond acceptors (Lipinski definition) is 6. The van der Waals surface area contributed by atoms with Crippen LogP contribution in [0.25, 0.3) is 0 Å². The van der Waals surface area contributed by atoms with Gasteiger partial charge in [0.15, 0.2) is 5.82 Å². The van der Waals surface area contributed by atoms with Gasteiger partial charge in [0.05, 0.1) is 4.90 Å². The van der Waals surface area contributed by atoms with Crippen molar-refractivity contribution in [3.8, 4) is 0 Å². The van der Waals surface area contributed by atoms with Crippen LogP contribution in [0.3, 0.4) is 0 Å². The number of amides is 1. The Hall–Kier alpha value is -3.20. The van der Waals surface area contributed by atoms with Gasteiger partial charge in [-0.2, -0.15) is 4.98 Å². The molecule has 33 heavy (non-hydrogen) atoms. The van der Waals surface area contributed by atoms with Crippen molar-refractivity contribution < 1.29 is 17.7 Å². The fraction of sp³-hybridized carbons (Fsp3) is 0.375. The molecule has 2 N–H and O–H groups in total. The van der Waals surface area contributed by atoms with E-state index in [0.29, 0.717) is 23.0 Å². The summed E-state index contributed by atoms with van der Waals surface area (Å²) in [6.45, 7) is 3.66. The summed E-state index contributed by atoms with van der Waals surface area (Å²) in [6.07, 6.45) is 5.55. The smallest absolute Gasteiger partial charge is 0.261 e. The number of aryl methyl sites for hydroxylation is 2. The second-order valence-electron chi connectivity index (χ2n) is 8.58. The average molecular weight is 469 g/mol. The van der Waals surface area contributed by atoms with Crippen molar-refractivity contribution in [3.63, 3.8) is 0 Å². The fourth-order valence-corrected chi connectivity index (χ4v) is 5.20. The number of nitrogens with one attached hydrogen (secondary N) is 2. The van der Waals surface area contributed by atoms with Crippen LogP contribution in [0.15, 0.2) is 57.9 Å². The number of carbonyl (C=O) groups is 1. The van der Waals surface area contributed by atoms with Crippen molar-refractivity contribution in [2.24, 2.45) is 0 Å². The number of hydrogen-bond donors (Lipinski definition) is 2. The van der Waals surface area contributed by atoms with E-state index in [1.54, 1.807) is 19.1 Å². The van der Waals surface area contributed by atoms with Gasteiger partial charge in [-0.1, -0.05) is 48.5 Å². The van der Waals surface area contributed by atoms with Crippen molar-refractivity contribution in [1.82, 2.24) is 15.5 Å². The molecule has 1 aliphatic carbocycles. The molecule has 4 rings (SSSR count). The zero-order valence-corrected chi connectivity index (χ0v) is 19.6. The molecule has 174 valence electrons. The molecule has 1 saturated carbocycles. The summed E-state index contributed by atoms with van der Waals surface area (Å²) in [5.41, 5.74) is 1.19. The molecule has 0 unspecified atom stereocenters. The predicted molar refractivity (Wildman–Crippen MR) is 124 cm³/mol. The van der Waals surface area contributed by atoms with Gasteiger partial charge in [-0.05, 0) is 56.2 Å². The minimum atomic E-state index is -3.77. The third-order valence-corrected chi connectivity index (χ3v) is 7.39. The molecule has 8 nitrogen and oxygen atoms in total. The summed E-state index contributed by atoms with van der Waals surface area (Å²) >= 11 is 0. The maximum atomic E-state index is 13.1. The SMILES string of the molecule is Cc1ccc(NS(=O)(=O)c2ccc(C(=O)NC3(c4noc(C)n4)CCCCCC3)cc2)cc1. The van der Waals surface area contributed by atoms with Crippen LogP contribution < -0.4 is 10.0 Å². The highest BCUT2D eigenvalue weighted by Crippen LogP contribution is 2.35. The van der Waals surface area contributed by atoms with Crippen LogP contribution in [0.5, 0.6) is 0 Å². The minimum Gasteiger partial charge on any atom is -0.340 e. The van der Waals surface area contributed by atoms with Crippen molar-refractivity contribution in [3.05, 3.63) is 71.4 Å². The summed E-state index contributed by atoms with van der Waals surface area (Å²) in [5.74, 6) is 0.657. The van der Waals surface area contributed by atoms with Crippen molar-refractivity contribution in [2.75, 3.05) is 4.72 Å². The number of sulfonamides is 1.